The van der Waals surface area contributed by atoms with E-state index in [9.17, 15) is 4.79 Å². The molecule has 0 aromatic carbocycles. The second-order valence-corrected chi connectivity index (χ2v) is 3.56. The van der Waals surface area contributed by atoms with Crippen LogP contribution in [0.3, 0.4) is 0 Å². The molecule has 0 bridgehead atoms. The van der Waals surface area contributed by atoms with Crippen molar-refractivity contribution in [3.05, 3.63) is 40.5 Å². The summed E-state index contributed by atoms with van der Waals surface area (Å²) in [6, 6.07) is 1.62. The van der Waals surface area contributed by atoms with Gasteiger partial charge in [0.2, 0.25) is 5.78 Å². The van der Waals surface area contributed by atoms with Gasteiger partial charge in [-0.25, -0.2) is 0 Å². The molecule has 0 aliphatic heterocycles. The smallest absolute Gasteiger partial charge is 0.200 e. The molecule has 0 fully saturated rings. The van der Waals surface area contributed by atoms with Crippen LogP contribution in [0.5, 0.6) is 0 Å². The fraction of sp³-hybridized carbons (Fsp3) is 0.111. The zero-order valence-corrected chi connectivity index (χ0v) is 8.98. The number of halogens is 1. The number of rotatable bonds is 2. The van der Waals surface area contributed by atoms with Crippen LogP contribution in [0.1, 0.15) is 15.9 Å². The molecule has 0 saturated carbocycles. The summed E-state index contributed by atoms with van der Waals surface area (Å²) in [4.78, 5) is 11.8. The number of nitrogens with zero attached hydrogens (tertiary/aromatic N) is 2. The Morgan fingerprint density at radius 3 is 2.93 bits per heavy atom. The SMILES string of the molecule is Cn1cc(C(=O)c2ccoc2Br)cn1. The molecular formula is C9H7BrN2O2. The van der Waals surface area contributed by atoms with Gasteiger partial charge in [0.05, 0.1) is 23.6 Å². The summed E-state index contributed by atoms with van der Waals surface area (Å²) in [6.07, 6.45) is 4.66. The lowest BCUT2D eigenvalue weighted by Gasteiger charge is -1.92. The number of furan rings is 1. The second-order valence-electron chi connectivity index (χ2n) is 2.84. The van der Waals surface area contributed by atoms with Crippen molar-refractivity contribution in [1.29, 1.82) is 0 Å². The van der Waals surface area contributed by atoms with Crippen molar-refractivity contribution in [3.63, 3.8) is 0 Å². The largest absolute Gasteiger partial charge is 0.457 e. The molecule has 0 aliphatic carbocycles. The van der Waals surface area contributed by atoms with E-state index in [1.807, 2.05) is 0 Å². The van der Waals surface area contributed by atoms with Crippen molar-refractivity contribution in [2.75, 3.05) is 0 Å². The highest BCUT2D eigenvalue weighted by Crippen LogP contribution is 2.20. The molecule has 2 heterocycles. The predicted octanol–water partition coefficient (Wildman–Crippen LogP) is 2.01. The maximum Gasteiger partial charge on any atom is 0.200 e. The van der Waals surface area contributed by atoms with E-state index in [0.29, 0.717) is 15.8 Å². The van der Waals surface area contributed by atoms with E-state index in [1.165, 1.54) is 12.5 Å². The van der Waals surface area contributed by atoms with Crippen molar-refractivity contribution in [3.8, 4) is 0 Å². The number of carbonyl (C=O) groups excluding carboxylic acids is 1. The second kappa shape index (κ2) is 3.42. The van der Waals surface area contributed by atoms with Gasteiger partial charge in [-0.3, -0.25) is 9.48 Å². The normalized spacial score (nSPS) is 10.4. The van der Waals surface area contributed by atoms with E-state index in [-0.39, 0.29) is 5.78 Å². The van der Waals surface area contributed by atoms with Gasteiger partial charge in [-0.1, -0.05) is 0 Å². The molecule has 0 spiro atoms. The summed E-state index contributed by atoms with van der Waals surface area (Å²) in [5.74, 6) is -0.0984. The highest BCUT2D eigenvalue weighted by Gasteiger charge is 2.15. The summed E-state index contributed by atoms with van der Waals surface area (Å²) in [5, 5.41) is 3.93. The van der Waals surface area contributed by atoms with E-state index < -0.39 is 0 Å². The van der Waals surface area contributed by atoms with Crippen LogP contribution >= 0.6 is 15.9 Å². The molecule has 4 nitrogen and oxygen atoms in total. The number of carbonyl (C=O) groups is 1. The van der Waals surface area contributed by atoms with Gasteiger partial charge in [0.15, 0.2) is 4.67 Å². The topological polar surface area (TPSA) is 48.0 Å². The third kappa shape index (κ3) is 1.50. The van der Waals surface area contributed by atoms with Crippen LogP contribution in [-0.2, 0) is 7.05 Å². The Morgan fingerprint density at radius 1 is 1.64 bits per heavy atom. The Labute approximate surface area is 88.6 Å². The van der Waals surface area contributed by atoms with Crippen molar-refractivity contribution >= 4 is 21.7 Å². The van der Waals surface area contributed by atoms with Gasteiger partial charge in [0.1, 0.15) is 0 Å². The number of aromatic nitrogens is 2. The number of aryl methyl sites for hydroxylation is 1. The van der Waals surface area contributed by atoms with Crippen molar-refractivity contribution < 1.29 is 9.21 Å². The fourth-order valence-corrected chi connectivity index (χ4v) is 1.57. The Kier molecular flexibility index (Phi) is 2.25. The van der Waals surface area contributed by atoms with Crippen LogP contribution in [0.2, 0.25) is 0 Å². The van der Waals surface area contributed by atoms with E-state index in [0.717, 1.165) is 0 Å². The highest BCUT2D eigenvalue weighted by molar-refractivity contribution is 9.10. The fourth-order valence-electron chi connectivity index (χ4n) is 1.15. The van der Waals surface area contributed by atoms with Gasteiger partial charge in [-0.2, -0.15) is 5.10 Å². The monoisotopic (exact) mass is 254 g/mol. The standard InChI is InChI=1S/C9H7BrN2O2/c1-12-5-6(4-11-12)8(13)7-2-3-14-9(7)10/h2-5H,1H3. The van der Waals surface area contributed by atoms with Crippen LogP contribution in [-0.4, -0.2) is 15.6 Å². The molecule has 0 atom stereocenters. The molecule has 0 unspecified atom stereocenters. The van der Waals surface area contributed by atoms with Crippen LogP contribution < -0.4 is 0 Å². The van der Waals surface area contributed by atoms with Crippen molar-refractivity contribution in [1.82, 2.24) is 9.78 Å². The average molecular weight is 255 g/mol. The summed E-state index contributed by atoms with van der Waals surface area (Å²) < 4.78 is 7.02. The molecule has 2 aromatic heterocycles. The quantitative estimate of drug-likeness (QED) is 0.771. The van der Waals surface area contributed by atoms with Crippen LogP contribution in [0.25, 0.3) is 0 Å². The zero-order valence-electron chi connectivity index (χ0n) is 7.40. The molecule has 0 aliphatic rings. The maximum absolute atomic E-state index is 11.8. The van der Waals surface area contributed by atoms with Gasteiger partial charge in [-0.05, 0) is 22.0 Å². The van der Waals surface area contributed by atoms with Crippen molar-refractivity contribution in [2.45, 2.75) is 0 Å². The molecule has 72 valence electrons. The Morgan fingerprint density at radius 2 is 2.43 bits per heavy atom. The Hall–Kier alpha value is -1.36. The van der Waals surface area contributed by atoms with E-state index >= 15 is 0 Å². The molecule has 0 radical (unpaired) electrons. The first kappa shape index (κ1) is 9.21. The minimum Gasteiger partial charge on any atom is -0.457 e. The zero-order chi connectivity index (χ0) is 10.1. The molecule has 0 N–H and O–H groups in total. The average Bonchev–Trinajstić information content (AvgIpc) is 2.73. The number of ketones is 1. The summed E-state index contributed by atoms with van der Waals surface area (Å²) in [6.45, 7) is 0. The summed E-state index contributed by atoms with van der Waals surface area (Å²) in [5.41, 5.74) is 1.06. The van der Waals surface area contributed by atoms with E-state index in [1.54, 1.807) is 24.0 Å². The minimum absolute atomic E-state index is 0.0984. The van der Waals surface area contributed by atoms with Gasteiger partial charge in [0, 0.05) is 13.2 Å². The van der Waals surface area contributed by atoms with Crippen molar-refractivity contribution in [2.24, 2.45) is 7.05 Å². The maximum atomic E-state index is 11.8. The third-order valence-electron chi connectivity index (χ3n) is 1.83. The summed E-state index contributed by atoms with van der Waals surface area (Å²) >= 11 is 3.16. The van der Waals surface area contributed by atoms with Crippen LogP contribution in [0.15, 0.2) is 33.8 Å². The molecule has 14 heavy (non-hydrogen) atoms. The van der Waals surface area contributed by atoms with E-state index in [4.69, 9.17) is 4.42 Å². The molecule has 2 aromatic rings. The van der Waals surface area contributed by atoms with Crippen LogP contribution in [0.4, 0.5) is 0 Å². The van der Waals surface area contributed by atoms with E-state index in [2.05, 4.69) is 21.0 Å². The predicted molar refractivity (Wildman–Crippen MR) is 53.0 cm³/mol. The van der Waals surface area contributed by atoms with Crippen LogP contribution in [0, 0.1) is 0 Å². The summed E-state index contributed by atoms with van der Waals surface area (Å²) in [7, 11) is 1.77. The first-order chi connectivity index (χ1) is 6.68. The lowest BCUT2D eigenvalue weighted by atomic mass is 10.1. The molecule has 2 rings (SSSR count). The first-order valence-electron chi connectivity index (χ1n) is 3.95. The molecule has 5 heteroatoms. The molecular weight excluding hydrogens is 248 g/mol. The number of hydrogen-bond donors (Lipinski definition) is 0. The first-order valence-corrected chi connectivity index (χ1v) is 4.74. The third-order valence-corrected chi connectivity index (χ3v) is 2.44. The highest BCUT2D eigenvalue weighted by atomic mass is 79.9. The molecule has 0 amide bonds. The van der Waals surface area contributed by atoms with Gasteiger partial charge < -0.3 is 4.42 Å². The minimum atomic E-state index is -0.0984. The van der Waals surface area contributed by atoms with Gasteiger partial charge in [-0.15, -0.1) is 0 Å². The lowest BCUT2D eigenvalue weighted by Crippen LogP contribution is -1.98. The van der Waals surface area contributed by atoms with Gasteiger partial charge in [0.25, 0.3) is 0 Å². The Bertz CT molecular complexity index is 473. The molecule has 0 saturated heterocycles. The number of hydrogen-bond acceptors (Lipinski definition) is 3. The Balaban J connectivity index is 2.38. The van der Waals surface area contributed by atoms with Gasteiger partial charge >= 0.3 is 0 Å². The lowest BCUT2D eigenvalue weighted by molar-refractivity contribution is 0.103.